The van der Waals surface area contributed by atoms with Crippen LogP contribution in [0.4, 0.5) is 5.69 Å². The summed E-state index contributed by atoms with van der Waals surface area (Å²) >= 11 is 0. The molecule has 134 valence electrons. The van der Waals surface area contributed by atoms with Gasteiger partial charge in [0.2, 0.25) is 5.88 Å². The number of nitrogens with zero attached hydrogens (tertiary/aromatic N) is 3. The van der Waals surface area contributed by atoms with Gasteiger partial charge in [-0.1, -0.05) is 6.07 Å². The summed E-state index contributed by atoms with van der Waals surface area (Å²) in [5.41, 5.74) is 1.57. The minimum atomic E-state index is -0.489. The highest BCUT2D eigenvalue weighted by Crippen LogP contribution is 2.28. The van der Waals surface area contributed by atoms with Crippen LogP contribution in [0.3, 0.4) is 0 Å². The van der Waals surface area contributed by atoms with Crippen LogP contribution < -0.4 is 9.64 Å². The van der Waals surface area contributed by atoms with E-state index in [0.717, 1.165) is 29.7 Å². The molecule has 6 nitrogen and oxygen atoms in total. The predicted molar refractivity (Wildman–Crippen MR) is 97.6 cm³/mol. The Hall–Kier alpha value is -2.34. The molecule has 2 heterocycles. The van der Waals surface area contributed by atoms with Crippen LogP contribution in [-0.2, 0) is 9.63 Å². The van der Waals surface area contributed by atoms with Gasteiger partial charge in [-0.05, 0) is 39.0 Å². The van der Waals surface area contributed by atoms with Crippen molar-refractivity contribution < 1.29 is 14.4 Å². The summed E-state index contributed by atoms with van der Waals surface area (Å²) in [6, 6.07) is 10.0. The van der Waals surface area contributed by atoms with E-state index in [1.54, 1.807) is 12.2 Å². The molecule has 0 atom stereocenters. The van der Waals surface area contributed by atoms with Gasteiger partial charge in [-0.3, -0.25) is 0 Å². The second kappa shape index (κ2) is 6.88. The Labute approximate surface area is 148 Å². The zero-order valence-electron chi connectivity index (χ0n) is 15.3. The lowest BCUT2D eigenvalue weighted by atomic mass is 9.98. The number of hydrogen-bond acceptors (Lipinski definition) is 6. The van der Waals surface area contributed by atoms with Crippen LogP contribution in [0, 0.1) is 5.41 Å². The third-order valence-electron chi connectivity index (χ3n) is 4.30. The number of carbonyl (C=O) groups is 1. The molecule has 0 N–H and O–H groups in total. The fourth-order valence-corrected chi connectivity index (χ4v) is 2.78. The van der Waals surface area contributed by atoms with Gasteiger partial charge in [0.15, 0.2) is 0 Å². The first-order valence-corrected chi connectivity index (χ1v) is 8.54. The molecule has 0 unspecified atom stereocenters. The number of aromatic nitrogens is 1. The van der Waals surface area contributed by atoms with Crippen molar-refractivity contribution in [1.82, 2.24) is 10.0 Å². The summed E-state index contributed by atoms with van der Waals surface area (Å²) in [5, 5.41) is 2.86. The number of fused-ring (bicyclic) bond motifs is 1. The summed E-state index contributed by atoms with van der Waals surface area (Å²) in [6.07, 6.45) is 0. The molecule has 0 spiro atoms. The number of hydroxylamine groups is 2. The molecule has 0 radical (unpaired) electrons. The Morgan fingerprint density at radius 2 is 1.80 bits per heavy atom. The van der Waals surface area contributed by atoms with E-state index < -0.39 is 5.41 Å². The molecule has 6 heteroatoms. The number of rotatable bonds is 3. The van der Waals surface area contributed by atoms with E-state index in [4.69, 9.17) is 9.57 Å². The average Bonchev–Trinajstić information content (AvgIpc) is 2.60. The van der Waals surface area contributed by atoms with Gasteiger partial charge in [0.25, 0.3) is 0 Å². The number of pyridine rings is 1. The molecule has 1 aromatic carbocycles. The van der Waals surface area contributed by atoms with Gasteiger partial charge in [-0.25, -0.2) is 9.78 Å². The zero-order chi connectivity index (χ0) is 18.0. The van der Waals surface area contributed by atoms with Crippen molar-refractivity contribution in [3.63, 3.8) is 0 Å². The lowest BCUT2D eigenvalue weighted by molar-refractivity contribution is -0.201. The fraction of sp³-hybridized carbons (Fsp3) is 0.474. The van der Waals surface area contributed by atoms with Crippen LogP contribution >= 0.6 is 0 Å². The van der Waals surface area contributed by atoms with Crippen LogP contribution in [0.25, 0.3) is 10.9 Å². The van der Waals surface area contributed by atoms with Crippen LogP contribution in [-0.4, -0.2) is 49.3 Å². The summed E-state index contributed by atoms with van der Waals surface area (Å²) in [4.78, 5) is 24.3. The van der Waals surface area contributed by atoms with Crippen molar-refractivity contribution in [1.29, 1.82) is 0 Å². The van der Waals surface area contributed by atoms with Crippen molar-refractivity contribution >= 4 is 22.6 Å². The van der Waals surface area contributed by atoms with Crippen molar-refractivity contribution in [2.24, 2.45) is 5.41 Å². The number of piperazine rings is 1. The summed E-state index contributed by atoms with van der Waals surface area (Å²) < 4.78 is 5.21. The molecule has 3 rings (SSSR count). The highest BCUT2D eigenvalue weighted by Gasteiger charge is 2.28. The predicted octanol–water partition coefficient (Wildman–Crippen LogP) is 2.87. The maximum atomic E-state index is 12.0. The maximum absolute atomic E-state index is 12.0. The monoisotopic (exact) mass is 343 g/mol. The Balaban J connectivity index is 1.71. The van der Waals surface area contributed by atoms with E-state index in [2.05, 4.69) is 16.0 Å². The third-order valence-corrected chi connectivity index (χ3v) is 4.30. The molecule has 25 heavy (non-hydrogen) atoms. The molecule has 1 fully saturated rings. The van der Waals surface area contributed by atoms with Crippen molar-refractivity contribution in [3.05, 3.63) is 30.3 Å². The minimum absolute atomic E-state index is 0.192. The van der Waals surface area contributed by atoms with Gasteiger partial charge in [-0.15, -0.1) is 5.06 Å². The van der Waals surface area contributed by atoms with E-state index in [1.165, 1.54) is 0 Å². The van der Waals surface area contributed by atoms with Crippen LogP contribution in [0.1, 0.15) is 20.8 Å². The standard InChI is InChI=1S/C19H25N3O3/c1-19(2,3)18(23)25-22-12-10-21(11-13-22)16-7-5-6-15-14(16)8-9-17(20-15)24-4/h5-9H,10-13H2,1-4H3. The first kappa shape index (κ1) is 17.5. The number of carbonyl (C=O) groups excluding carboxylic acids is 1. The molecule has 1 saturated heterocycles. The average molecular weight is 343 g/mol. The van der Waals surface area contributed by atoms with E-state index in [9.17, 15) is 4.79 Å². The summed E-state index contributed by atoms with van der Waals surface area (Å²) in [7, 11) is 1.62. The Morgan fingerprint density at radius 3 is 2.44 bits per heavy atom. The number of anilines is 1. The topological polar surface area (TPSA) is 54.9 Å². The molecular weight excluding hydrogens is 318 g/mol. The van der Waals surface area contributed by atoms with E-state index in [1.807, 2.05) is 45.0 Å². The Kier molecular flexibility index (Phi) is 4.81. The van der Waals surface area contributed by atoms with Gasteiger partial charge in [0, 0.05) is 30.2 Å². The second-order valence-electron chi connectivity index (χ2n) is 7.24. The minimum Gasteiger partial charge on any atom is -0.481 e. The van der Waals surface area contributed by atoms with Gasteiger partial charge in [0.1, 0.15) is 0 Å². The quantitative estimate of drug-likeness (QED) is 0.854. The summed E-state index contributed by atoms with van der Waals surface area (Å²) in [6.45, 7) is 8.55. The van der Waals surface area contributed by atoms with E-state index in [0.29, 0.717) is 19.0 Å². The lowest BCUT2D eigenvalue weighted by Crippen LogP contribution is -2.48. The zero-order valence-corrected chi connectivity index (χ0v) is 15.3. The van der Waals surface area contributed by atoms with E-state index >= 15 is 0 Å². The first-order valence-electron chi connectivity index (χ1n) is 8.54. The van der Waals surface area contributed by atoms with E-state index in [-0.39, 0.29) is 5.97 Å². The lowest BCUT2D eigenvalue weighted by Gasteiger charge is -2.36. The molecule has 1 aromatic heterocycles. The van der Waals surface area contributed by atoms with Gasteiger partial charge in [-0.2, -0.15) is 0 Å². The number of methoxy groups -OCH3 is 1. The van der Waals surface area contributed by atoms with Crippen molar-refractivity contribution in [2.75, 3.05) is 38.2 Å². The first-order chi connectivity index (χ1) is 11.9. The molecule has 0 amide bonds. The smallest absolute Gasteiger partial charge is 0.330 e. The molecule has 0 saturated carbocycles. The molecule has 1 aliphatic rings. The molecule has 2 aromatic rings. The van der Waals surface area contributed by atoms with Crippen LogP contribution in [0.15, 0.2) is 30.3 Å². The Morgan fingerprint density at radius 1 is 1.08 bits per heavy atom. The highest BCUT2D eigenvalue weighted by molar-refractivity contribution is 5.92. The maximum Gasteiger partial charge on any atom is 0.330 e. The third kappa shape index (κ3) is 3.85. The van der Waals surface area contributed by atoms with Gasteiger partial charge >= 0.3 is 5.97 Å². The van der Waals surface area contributed by atoms with Crippen molar-refractivity contribution in [2.45, 2.75) is 20.8 Å². The molecule has 0 aliphatic carbocycles. The second-order valence-corrected chi connectivity index (χ2v) is 7.24. The largest absolute Gasteiger partial charge is 0.481 e. The number of hydrogen-bond donors (Lipinski definition) is 0. The molecule has 0 bridgehead atoms. The summed E-state index contributed by atoms with van der Waals surface area (Å²) in [5.74, 6) is 0.422. The van der Waals surface area contributed by atoms with Crippen LogP contribution in [0.5, 0.6) is 5.88 Å². The highest BCUT2D eigenvalue weighted by atomic mass is 16.7. The normalized spacial score (nSPS) is 16.1. The molecule has 1 aliphatic heterocycles. The Bertz CT molecular complexity index is 762. The van der Waals surface area contributed by atoms with Gasteiger partial charge < -0.3 is 14.5 Å². The number of benzene rings is 1. The SMILES string of the molecule is COc1ccc2c(N3CCN(OC(=O)C(C)(C)C)CC3)cccc2n1. The number of ether oxygens (including phenoxy) is 1. The van der Waals surface area contributed by atoms with Gasteiger partial charge in [0.05, 0.1) is 31.1 Å². The fourth-order valence-electron chi connectivity index (χ4n) is 2.78. The van der Waals surface area contributed by atoms with Crippen LogP contribution in [0.2, 0.25) is 0 Å². The molecular formula is C19H25N3O3. The van der Waals surface area contributed by atoms with Crippen molar-refractivity contribution in [3.8, 4) is 5.88 Å².